The minimum atomic E-state index is -0.131. The molecule has 0 atom stereocenters. The average molecular weight is 620 g/mol. The van der Waals surface area contributed by atoms with E-state index < -0.39 is 0 Å². The zero-order valence-electron chi connectivity index (χ0n) is 27.8. The first-order valence-corrected chi connectivity index (χ1v) is 17.0. The smallest absolute Gasteiger partial charge is 0.135 e. The van der Waals surface area contributed by atoms with Crippen LogP contribution in [0.4, 0.5) is 17.1 Å². The number of fused-ring (bicyclic) bond motifs is 7. The highest BCUT2D eigenvalue weighted by Gasteiger charge is 2.37. The van der Waals surface area contributed by atoms with Crippen molar-refractivity contribution in [1.82, 2.24) is 0 Å². The van der Waals surface area contributed by atoms with Gasteiger partial charge in [0.25, 0.3) is 0 Å². The number of para-hydroxylation sites is 1. The fraction of sp³-hybridized carbons (Fsp3) is 0.130. The molecule has 232 valence electrons. The summed E-state index contributed by atoms with van der Waals surface area (Å²) in [5, 5.41) is 4.68. The lowest BCUT2D eigenvalue weighted by Gasteiger charge is -2.30. The van der Waals surface area contributed by atoms with E-state index in [1.807, 2.05) is 6.07 Å². The van der Waals surface area contributed by atoms with Gasteiger partial charge in [-0.1, -0.05) is 125 Å². The van der Waals surface area contributed by atoms with Crippen molar-refractivity contribution in [2.75, 3.05) is 4.90 Å². The highest BCUT2D eigenvalue weighted by Crippen LogP contribution is 2.53. The molecule has 9 rings (SSSR count). The van der Waals surface area contributed by atoms with Crippen LogP contribution < -0.4 is 4.90 Å². The lowest BCUT2D eigenvalue weighted by atomic mass is 9.81. The quantitative estimate of drug-likeness (QED) is 0.191. The van der Waals surface area contributed by atoms with Crippen LogP contribution in [0.25, 0.3) is 55.0 Å². The Kier molecular flexibility index (Phi) is 6.39. The van der Waals surface area contributed by atoms with Gasteiger partial charge in [-0.25, -0.2) is 0 Å². The number of hydrogen-bond donors (Lipinski definition) is 0. The molecule has 0 spiro atoms. The van der Waals surface area contributed by atoms with Crippen LogP contribution in [-0.4, -0.2) is 0 Å². The molecule has 0 amide bonds. The average Bonchev–Trinajstić information content (AvgIpc) is 3.60. The first-order chi connectivity index (χ1) is 23.4. The Morgan fingerprint density at radius 3 is 2.04 bits per heavy atom. The lowest BCUT2D eigenvalue weighted by Crippen LogP contribution is -2.17. The molecule has 0 radical (unpaired) electrons. The topological polar surface area (TPSA) is 16.4 Å². The summed E-state index contributed by atoms with van der Waals surface area (Å²) in [7, 11) is 0. The summed E-state index contributed by atoms with van der Waals surface area (Å²) >= 11 is 0. The summed E-state index contributed by atoms with van der Waals surface area (Å²) in [5.41, 5.74) is 14.4. The summed E-state index contributed by atoms with van der Waals surface area (Å²) in [6.07, 6.45) is 0. The predicted octanol–water partition coefficient (Wildman–Crippen LogP) is 13.3. The SMILES string of the molecule is CC(C)c1cccc2c1-c1ccc(N(c3ccc4oc5ccccc5c4c3)c3cc4ccccc4cc3-c3ccccc3)cc1C2(C)C. The van der Waals surface area contributed by atoms with Gasteiger partial charge in [0.15, 0.2) is 0 Å². The summed E-state index contributed by atoms with van der Waals surface area (Å²) in [5.74, 6) is 0.445. The maximum atomic E-state index is 6.28. The van der Waals surface area contributed by atoms with Gasteiger partial charge >= 0.3 is 0 Å². The summed E-state index contributed by atoms with van der Waals surface area (Å²) < 4.78 is 6.28. The molecule has 0 aliphatic heterocycles. The van der Waals surface area contributed by atoms with Crippen molar-refractivity contribution in [3.63, 3.8) is 0 Å². The molecule has 1 aromatic heterocycles. The number of nitrogens with zero attached hydrogens (tertiary/aromatic N) is 1. The van der Waals surface area contributed by atoms with Crippen molar-refractivity contribution >= 4 is 49.8 Å². The molecule has 0 saturated heterocycles. The zero-order chi connectivity index (χ0) is 32.6. The summed E-state index contributed by atoms with van der Waals surface area (Å²) in [6.45, 7) is 9.37. The Morgan fingerprint density at radius 1 is 0.542 bits per heavy atom. The van der Waals surface area contributed by atoms with Crippen LogP contribution in [0.3, 0.4) is 0 Å². The van der Waals surface area contributed by atoms with Crippen LogP contribution >= 0.6 is 0 Å². The van der Waals surface area contributed by atoms with Gasteiger partial charge in [0.2, 0.25) is 0 Å². The Bertz CT molecular complexity index is 2520. The maximum absolute atomic E-state index is 6.28. The van der Waals surface area contributed by atoms with Crippen LogP contribution in [-0.2, 0) is 5.41 Å². The maximum Gasteiger partial charge on any atom is 0.135 e. The van der Waals surface area contributed by atoms with E-state index in [2.05, 4.69) is 172 Å². The minimum absolute atomic E-state index is 0.131. The monoisotopic (exact) mass is 619 g/mol. The van der Waals surface area contributed by atoms with E-state index in [1.165, 1.54) is 49.7 Å². The third-order valence-electron chi connectivity index (χ3n) is 10.4. The molecule has 48 heavy (non-hydrogen) atoms. The summed E-state index contributed by atoms with van der Waals surface area (Å²) in [4.78, 5) is 2.46. The van der Waals surface area contributed by atoms with E-state index >= 15 is 0 Å². The second kappa shape index (κ2) is 10.7. The molecule has 0 N–H and O–H groups in total. The number of rotatable bonds is 5. The van der Waals surface area contributed by atoms with Gasteiger partial charge in [-0.15, -0.1) is 0 Å². The second-order valence-electron chi connectivity index (χ2n) is 14.0. The van der Waals surface area contributed by atoms with Gasteiger partial charge < -0.3 is 9.32 Å². The first kappa shape index (κ1) is 28.6. The largest absolute Gasteiger partial charge is 0.456 e. The fourth-order valence-corrected chi connectivity index (χ4v) is 7.97. The Hall–Kier alpha value is -5.60. The van der Waals surface area contributed by atoms with Crippen LogP contribution in [0, 0.1) is 0 Å². The van der Waals surface area contributed by atoms with Gasteiger partial charge in [0.1, 0.15) is 11.2 Å². The Labute approximate surface area is 281 Å². The predicted molar refractivity (Wildman–Crippen MR) is 203 cm³/mol. The van der Waals surface area contributed by atoms with E-state index in [0.717, 1.165) is 39.0 Å². The molecule has 1 heterocycles. The van der Waals surface area contributed by atoms with E-state index in [9.17, 15) is 0 Å². The normalized spacial score (nSPS) is 13.4. The molecular formula is C46H37NO. The number of hydrogen-bond acceptors (Lipinski definition) is 2. The molecular weight excluding hydrogens is 583 g/mol. The van der Waals surface area contributed by atoms with Gasteiger partial charge in [0, 0.05) is 33.1 Å². The molecule has 0 unspecified atom stereocenters. The number of anilines is 3. The molecule has 0 fully saturated rings. The fourth-order valence-electron chi connectivity index (χ4n) is 7.97. The molecule has 2 nitrogen and oxygen atoms in total. The van der Waals surface area contributed by atoms with Crippen molar-refractivity contribution in [3.8, 4) is 22.3 Å². The molecule has 1 aliphatic rings. The Balaban J connectivity index is 1.34. The molecule has 8 aromatic rings. The highest BCUT2D eigenvalue weighted by molar-refractivity contribution is 6.07. The standard InChI is InChI=1S/C46H37NO/c1-29(2)35-18-12-19-40-45(35)37-23-21-34(28-41(37)46(40,3)4)47(33-22-24-44-39(27-33)36-17-10-11-20-43(36)48-44)42-26-32-16-9-8-15-31(32)25-38(42)30-13-6-5-7-14-30/h5-29H,1-4H3. The van der Waals surface area contributed by atoms with E-state index in [-0.39, 0.29) is 5.41 Å². The van der Waals surface area contributed by atoms with Crippen LogP contribution in [0.5, 0.6) is 0 Å². The third-order valence-corrected chi connectivity index (χ3v) is 10.4. The molecule has 7 aromatic carbocycles. The molecule has 0 saturated carbocycles. The zero-order valence-corrected chi connectivity index (χ0v) is 27.8. The van der Waals surface area contributed by atoms with Crippen molar-refractivity contribution in [2.24, 2.45) is 0 Å². The third kappa shape index (κ3) is 4.33. The van der Waals surface area contributed by atoms with E-state index in [1.54, 1.807) is 0 Å². The van der Waals surface area contributed by atoms with Gasteiger partial charge in [0.05, 0.1) is 5.69 Å². The van der Waals surface area contributed by atoms with Gasteiger partial charge in [-0.05, 0) is 98.6 Å². The van der Waals surface area contributed by atoms with Crippen molar-refractivity contribution in [2.45, 2.75) is 39.0 Å². The van der Waals surface area contributed by atoms with Crippen LogP contribution in [0.1, 0.15) is 50.3 Å². The molecule has 0 bridgehead atoms. The summed E-state index contributed by atoms with van der Waals surface area (Å²) in [6, 6.07) is 53.1. The van der Waals surface area contributed by atoms with E-state index in [0.29, 0.717) is 5.92 Å². The van der Waals surface area contributed by atoms with Crippen molar-refractivity contribution in [3.05, 3.63) is 162 Å². The van der Waals surface area contributed by atoms with Gasteiger partial charge in [-0.3, -0.25) is 0 Å². The van der Waals surface area contributed by atoms with Crippen molar-refractivity contribution < 1.29 is 4.42 Å². The van der Waals surface area contributed by atoms with E-state index in [4.69, 9.17) is 4.42 Å². The second-order valence-corrected chi connectivity index (χ2v) is 14.0. The Morgan fingerprint density at radius 2 is 1.23 bits per heavy atom. The highest BCUT2D eigenvalue weighted by atomic mass is 16.3. The minimum Gasteiger partial charge on any atom is -0.456 e. The number of furan rings is 1. The van der Waals surface area contributed by atoms with Gasteiger partial charge in [-0.2, -0.15) is 0 Å². The molecule has 2 heteroatoms. The lowest BCUT2D eigenvalue weighted by molar-refractivity contribution is 0.659. The molecule has 1 aliphatic carbocycles. The van der Waals surface area contributed by atoms with Crippen LogP contribution in [0.15, 0.2) is 150 Å². The first-order valence-electron chi connectivity index (χ1n) is 17.0. The van der Waals surface area contributed by atoms with Crippen LogP contribution in [0.2, 0.25) is 0 Å². The van der Waals surface area contributed by atoms with Crippen molar-refractivity contribution in [1.29, 1.82) is 0 Å². The number of benzene rings is 7.